The summed E-state index contributed by atoms with van der Waals surface area (Å²) in [5.41, 5.74) is 1.27. The van der Waals surface area contributed by atoms with Gasteiger partial charge in [0.2, 0.25) is 0 Å². The Hall–Kier alpha value is -0.970. The summed E-state index contributed by atoms with van der Waals surface area (Å²) in [6.45, 7) is 5.75. The Morgan fingerprint density at radius 2 is 1.80 bits per heavy atom. The summed E-state index contributed by atoms with van der Waals surface area (Å²) in [6, 6.07) is 6.20. The van der Waals surface area contributed by atoms with Crippen molar-refractivity contribution in [1.29, 1.82) is 0 Å². The van der Waals surface area contributed by atoms with E-state index < -0.39 is 0 Å². The van der Waals surface area contributed by atoms with E-state index in [0.717, 1.165) is 29.9 Å². The van der Waals surface area contributed by atoms with Gasteiger partial charge in [0.25, 0.3) is 0 Å². The van der Waals surface area contributed by atoms with E-state index in [1.165, 1.54) is 63.8 Å². The second kappa shape index (κ2) is 10.2. The fourth-order valence-corrected chi connectivity index (χ4v) is 3.91. The molecule has 0 amide bonds. The van der Waals surface area contributed by atoms with Crippen molar-refractivity contribution >= 4 is 12.4 Å². The van der Waals surface area contributed by atoms with Gasteiger partial charge < -0.3 is 14.8 Å². The molecule has 1 unspecified atom stereocenters. The molecule has 2 fully saturated rings. The van der Waals surface area contributed by atoms with Crippen LogP contribution in [0.15, 0.2) is 18.2 Å². The van der Waals surface area contributed by atoms with Crippen LogP contribution >= 0.6 is 12.4 Å². The van der Waals surface area contributed by atoms with E-state index in [1.807, 2.05) is 12.1 Å². The molecule has 1 saturated heterocycles. The number of halogens is 1. The minimum atomic E-state index is 0. The van der Waals surface area contributed by atoms with Crippen LogP contribution in [0, 0.1) is 11.8 Å². The van der Waals surface area contributed by atoms with Crippen LogP contribution in [-0.4, -0.2) is 45.3 Å². The van der Waals surface area contributed by atoms with Gasteiger partial charge in [-0.3, -0.25) is 4.90 Å². The van der Waals surface area contributed by atoms with Gasteiger partial charge in [-0.15, -0.1) is 12.4 Å². The molecular formula is C20H33ClN2O2. The van der Waals surface area contributed by atoms with Crippen LogP contribution in [0.3, 0.4) is 0 Å². The zero-order valence-corrected chi connectivity index (χ0v) is 16.4. The first kappa shape index (κ1) is 20.3. The molecule has 0 bridgehead atoms. The highest BCUT2D eigenvalue weighted by molar-refractivity contribution is 5.85. The number of nitrogens with zero attached hydrogens (tertiary/aromatic N) is 1. The average Bonchev–Trinajstić information content (AvgIpc) is 2.59. The molecule has 142 valence electrons. The Labute approximate surface area is 158 Å². The lowest BCUT2D eigenvalue weighted by molar-refractivity contribution is 0.141. The maximum atomic E-state index is 5.60. The van der Waals surface area contributed by atoms with E-state index in [1.54, 1.807) is 14.2 Å². The first-order valence-electron chi connectivity index (χ1n) is 9.42. The quantitative estimate of drug-likeness (QED) is 0.758. The monoisotopic (exact) mass is 368 g/mol. The number of hydrogen-bond acceptors (Lipinski definition) is 4. The molecule has 0 spiro atoms. The molecule has 3 rings (SSSR count). The number of rotatable bonds is 8. The topological polar surface area (TPSA) is 33.7 Å². The molecule has 5 heteroatoms. The first-order chi connectivity index (χ1) is 11.8. The third-order valence-corrected chi connectivity index (χ3v) is 5.54. The van der Waals surface area contributed by atoms with Gasteiger partial charge in [0.05, 0.1) is 14.2 Å². The van der Waals surface area contributed by atoms with Crippen molar-refractivity contribution < 1.29 is 9.47 Å². The van der Waals surface area contributed by atoms with Gasteiger partial charge in [0.1, 0.15) is 11.5 Å². The number of ether oxygens (including phenoxy) is 2. The third kappa shape index (κ3) is 5.77. The molecule has 1 aliphatic carbocycles. The molecule has 0 aromatic heterocycles. The summed E-state index contributed by atoms with van der Waals surface area (Å²) < 4.78 is 10.9. The summed E-state index contributed by atoms with van der Waals surface area (Å²) in [7, 11) is 3.45. The van der Waals surface area contributed by atoms with E-state index in [-0.39, 0.29) is 12.4 Å². The summed E-state index contributed by atoms with van der Waals surface area (Å²) >= 11 is 0. The molecular weight excluding hydrogens is 336 g/mol. The minimum Gasteiger partial charge on any atom is -0.497 e. The lowest BCUT2D eigenvalue weighted by Gasteiger charge is -2.35. The predicted molar refractivity (Wildman–Crippen MR) is 105 cm³/mol. The number of nitrogens with one attached hydrogen (secondary N) is 1. The molecule has 1 atom stereocenters. The smallest absolute Gasteiger partial charge is 0.127 e. The zero-order chi connectivity index (χ0) is 16.8. The van der Waals surface area contributed by atoms with Crippen LogP contribution in [0.25, 0.3) is 0 Å². The highest BCUT2D eigenvalue weighted by Crippen LogP contribution is 2.30. The largest absolute Gasteiger partial charge is 0.497 e. The molecule has 1 aromatic rings. The molecule has 1 heterocycles. The first-order valence-corrected chi connectivity index (χ1v) is 9.42. The van der Waals surface area contributed by atoms with Gasteiger partial charge in [-0.1, -0.05) is 12.5 Å². The fraction of sp³-hybridized carbons (Fsp3) is 0.700. The van der Waals surface area contributed by atoms with Gasteiger partial charge in [-0.05, 0) is 56.7 Å². The van der Waals surface area contributed by atoms with Crippen LogP contribution in [0.4, 0.5) is 0 Å². The molecule has 2 aliphatic rings. The number of piperidine rings is 1. The van der Waals surface area contributed by atoms with E-state index in [4.69, 9.17) is 9.47 Å². The fourth-order valence-electron chi connectivity index (χ4n) is 3.91. The van der Waals surface area contributed by atoms with Gasteiger partial charge >= 0.3 is 0 Å². The van der Waals surface area contributed by atoms with Crippen molar-refractivity contribution in [2.24, 2.45) is 11.8 Å². The highest BCUT2D eigenvalue weighted by atomic mass is 35.5. The maximum absolute atomic E-state index is 5.60. The lowest BCUT2D eigenvalue weighted by Crippen LogP contribution is -2.40. The van der Waals surface area contributed by atoms with Crippen LogP contribution in [0.1, 0.15) is 37.7 Å². The highest BCUT2D eigenvalue weighted by Gasteiger charge is 2.24. The van der Waals surface area contributed by atoms with E-state index in [2.05, 4.69) is 16.3 Å². The predicted octanol–water partition coefficient (Wildman–Crippen LogP) is 3.73. The summed E-state index contributed by atoms with van der Waals surface area (Å²) in [6.07, 6.45) is 6.88. The molecule has 1 N–H and O–H groups in total. The Balaban J connectivity index is 0.00000225. The summed E-state index contributed by atoms with van der Waals surface area (Å²) in [4.78, 5) is 2.66. The number of benzene rings is 1. The second-order valence-electron chi connectivity index (χ2n) is 7.38. The third-order valence-electron chi connectivity index (χ3n) is 5.54. The average molecular weight is 369 g/mol. The standard InChI is InChI=1S/C20H32N2O2.ClH/c1-23-19-9-8-18(20(11-19)24-2)15-22(13-16-5-3-6-16)14-17-7-4-10-21-12-17;/h8-9,11,16-17,21H,3-7,10,12-15H2,1-2H3;1H. The molecule has 25 heavy (non-hydrogen) atoms. The van der Waals surface area contributed by atoms with Crippen LogP contribution in [0.5, 0.6) is 11.5 Å². The Bertz CT molecular complexity index is 516. The molecule has 0 radical (unpaired) electrons. The van der Waals surface area contributed by atoms with Crippen molar-refractivity contribution in [3.63, 3.8) is 0 Å². The van der Waals surface area contributed by atoms with Gasteiger partial charge in [-0.2, -0.15) is 0 Å². The van der Waals surface area contributed by atoms with Gasteiger partial charge in [-0.25, -0.2) is 0 Å². The number of methoxy groups -OCH3 is 2. The van der Waals surface area contributed by atoms with E-state index in [0.29, 0.717) is 0 Å². The molecule has 1 saturated carbocycles. The molecule has 4 nitrogen and oxygen atoms in total. The van der Waals surface area contributed by atoms with E-state index in [9.17, 15) is 0 Å². The van der Waals surface area contributed by atoms with Crippen molar-refractivity contribution in [3.8, 4) is 11.5 Å². The molecule has 1 aliphatic heterocycles. The lowest BCUT2D eigenvalue weighted by atomic mass is 9.84. The Morgan fingerprint density at radius 3 is 2.40 bits per heavy atom. The normalized spacial score (nSPS) is 20.7. The number of hydrogen-bond donors (Lipinski definition) is 1. The van der Waals surface area contributed by atoms with Crippen molar-refractivity contribution in [2.45, 2.75) is 38.6 Å². The van der Waals surface area contributed by atoms with Crippen LogP contribution in [0.2, 0.25) is 0 Å². The van der Waals surface area contributed by atoms with Crippen molar-refractivity contribution in [3.05, 3.63) is 23.8 Å². The zero-order valence-electron chi connectivity index (χ0n) is 15.6. The Kier molecular flexibility index (Phi) is 8.34. The van der Waals surface area contributed by atoms with Crippen molar-refractivity contribution in [1.82, 2.24) is 10.2 Å². The second-order valence-corrected chi connectivity index (χ2v) is 7.38. The maximum Gasteiger partial charge on any atom is 0.127 e. The minimum absolute atomic E-state index is 0. The van der Waals surface area contributed by atoms with Gasteiger partial charge in [0, 0.05) is 31.3 Å². The molecule has 1 aromatic carbocycles. The Morgan fingerprint density at radius 1 is 1.04 bits per heavy atom. The van der Waals surface area contributed by atoms with Crippen LogP contribution < -0.4 is 14.8 Å². The van der Waals surface area contributed by atoms with Crippen molar-refractivity contribution in [2.75, 3.05) is 40.4 Å². The SMILES string of the molecule is COc1ccc(CN(CC2CCC2)CC2CCCNC2)c(OC)c1.Cl. The summed E-state index contributed by atoms with van der Waals surface area (Å²) in [5.74, 6) is 3.47. The van der Waals surface area contributed by atoms with Gasteiger partial charge in [0.15, 0.2) is 0 Å². The van der Waals surface area contributed by atoms with Crippen LogP contribution in [-0.2, 0) is 6.54 Å². The van der Waals surface area contributed by atoms with E-state index >= 15 is 0 Å². The summed E-state index contributed by atoms with van der Waals surface area (Å²) in [5, 5.41) is 3.56.